The van der Waals surface area contributed by atoms with E-state index < -0.39 is 0 Å². The van der Waals surface area contributed by atoms with Crippen LogP contribution in [0.1, 0.15) is 24.5 Å². The van der Waals surface area contributed by atoms with E-state index in [4.69, 9.17) is 11.6 Å². The van der Waals surface area contributed by atoms with Crippen LogP contribution in [0.15, 0.2) is 0 Å². The molecule has 1 unspecified atom stereocenters. The number of hydrogen-bond donors (Lipinski definition) is 1. The van der Waals surface area contributed by atoms with Crippen LogP contribution in [0.2, 0.25) is 5.15 Å². The standard InChI is InChI=1S/C11H18ClN3O/c1-7(16)5-6-15(4)11-9(3)8(2)10(12)13-14-11/h7,16H,5-6H2,1-4H3. The van der Waals surface area contributed by atoms with E-state index in [9.17, 15) is 5.11 Å². The molecule has 1 aromatic heterocycles. The summed E-state index contributed by atoms with van der Waals surface area (Å²) in [5.41, 5.74) is 1.99. The van der Waals surface area contributed by atoms with Gasteiger partial charge in [0.25, 0.3) is 0 Å². The van der Waals surface area contributed by atoms with E-state index in [1.807, 2.05) is 25.8 Å². The molecule has 0 saturated carbocycles. The highest BCUT2D eigenvalue weighted by molar-refractivity contribution is 6.30. The van der Waals surface area contributed by atoms with Crippen molar-refractivity contribution in [2.45, 2.75) is 33.3 Å². The van der Waals surface area contributed by atoms with E-state index in [2.05, 4.69) is 10.2 Å². The lowest BCUT2D eigenvalue weighted by molar-refractivity contribution is 0.187. The molecule has 0 radical (unpaired) electrons. The Labute approximate surface area is 101 Å². The quantitative estimate of drug-likeness (QED) is 0.878. The lowest BCUT2D eigenvalue weighted by atomic mass is 10.2. The van der Waals surface area contributed by atoms with Crippen LogP contribution < -0.4 is 4.90 Å². The van der Waals surface area contributed by atoms with Gasteiger partial charge in [-0.05, 0) is 38.3 Å². The fraction of sp³-hybridized carbons (Fsp3) is 0.636. The monoisotopic (exact) mass is 243 g/mol. The van der Waals surface area contributed by atoms with Crippen molar-refractivity contribution in [1.82, 2.24) is 10.2 Å². The highest BCUT2D eigenvalue weighted by Gasteiger charge is 2.12. The minimum Gasteiger partial charge on any atom is -0.393 e. The lowest BCUT2D eigenvalue weighted by Crippen LogP contribution is -2.24. The molecule has 0 aromatic carbocycles. The van der Waals surface area contributed by atoms with Gasteiger partial charge in [0.2, 0.25) is 0 Å². The molecule has 1 heterocycles. The molecule has 4 nitrogen and oxygen atoms in total. The zero-order valence-corrected chi connectivity index (χ0v) is 10.9. The first-order chi connectivity index (χ1) is 7.43. The van der Waals surface area contributed by atoms with Gasteiger partial charge in [0.15, 0.2) is 11.0 Å². The molecule has 0 amide bonds. The van der Waals surface area contributed by atoms with Crippen molar-refractivity contribution >= 4 is 17.4 Å². The fourth-order valence-electron chi connectivity index (χ4n) is 1.41. The van der Waals surface area contributed by atoms with E-state index in [0.717, 1.165) is 23.5 Å². The van der Waals surface area contributed by atoms with Gasteiger partial charge in [-0.15, -0.1) is 10.2 Å². The molecule has 1 rings (SSSR count). The molecule has 0 aliphatic carbocycles. The third kappa shape index (κ3) is 3.06. The molecule has 0 aliphatic rings. The highest BCUT2D eigenvalue weighted by atomic mass is 35.5. The van der Waals surface area contributed by atoms with Crippen LogP contribution in [-0.4, -0.2) is 35.0 Å². The molecule has 16 heavy (non-hydrogen) atoms. The van der Waals surface area contributed by atoms with E-state index in [1.54, 1.807) is 6.92 Å². The number of aliphatic hydroxyl groups excluding tert-OH is 1. The second kappa shape index (κ2) is 5.46. The summed E-state index contributed by atoms with van der Waals surface area (Å²) < 4.78 is 0. The second-order valence-corrected chi connectivity index (χ2v) is 4.48. The third-order valence-corrected chi connectivity index (χ3v) is 3.04. The van der Waals surface area contributed by atoms with Crippen molar-refractivity contribution in [3.8, 4) is 0 Å². The van der Waals surface area contributed by atoms with E-state index in [0.29, 0.717) is 11.6 Å². The molecule has 0 aliphatic heterocycles. The predicted molar refractivity (Wildman–Crippen MR) is 66.1 cm³/mol. The predicted octanol–water partition coefficient (Wildman–Crippen LogP) is 1.95. The van der Waals surface area contributed by atoms with Crippen LogP contribution in [0.5, 0.6) is 0 Å². The number of rotatable bonds is 4. The van der Waals surface area contributed by atoms with Gasteiger partial charge in [0.05, 0.1) is 6.10 Å². The Morgan fingerprint density at radius 2 is 1.94 bits per heavy atom. The first-order valence-corrected chi connectivity index (χ1v) is 5.70. The average molecular weight is 244 g/mol. The summed E-state index contributed by atoms with van der Waals surface area (Å²) in [4.78, 5) is 1.98. The number of hydrogen-bond acceptors (Lipinski definition) is 4. The van der Waals surface area contributed by atoms with Gasteiger partial charge in [-0.3, -0.25) is 0 Å². The number of halogens is 1. The molecule has 1 N–H and O–H groups in total. The van der Waals surface area contributed by atoms with Crippen LogP contribution in [0.4, 0.5) is 5.82 Å². The molecule has 1 atom stereocenters. The van der Waals surface area contributed by atoms with Crippen molar-refractivity contribution in [2.24, 2.45) is 0 Å². The van der Waals surface area contributed by atoms with Crippen molar-refractivity contribution in [1.29, 1.82) is 0 Å². The smallest absolute Gasteiger partial charge is 0.155 e. The fourth-order valence-corrected chi connectivity index (χ4v) is 1.59. The van der Waals surface area contributed by atoms with Gasteiger partial charge >= 0.3 is 0 Å². The largest absolute Gasteiger partial charge is 0.393 e. The van der Waals surface area contributed by atoms with Crippen molar-refractivity contribution in [2.75, 3.05) is 18.5 Å². The molecule has 0 bridgehead atoms. The van der Waals surface area contributed by atoms with Gasteiger partial charge in [-0.25, -0.2) is 0 Å². The van der Waals surface area contributed by atoms with E-state index in [1.165, 1.54) is 0 Å². The maximum absolute atomic E-state index is 9.23. The third-order valence-electron chi connectivity index (χ3n) is 2.68. The summed E-state index contributed by atoms with van der Waals surface area (Å²) >= 11 is 5.89. The highest BCUT2D eigenvalue weighted by Crippen LogP contribution is 2.22. The Bertz CT molecular complexity index is 368. The minimum atomic E-state index is -0.302. The first kappa shape index (κ1) is 13.2. The lowest BCUT2D eigenvalue weighted by Gasteiger charge is -2.21. The van der Waals surface area contributed by atoms with Crippen LogP contribution in [-0.2, 0) is 0 Å². The Balaban J connectivity index is 2.84. The molecular weight excluding hydrogens is 226 g/mol. The Kier molecular flexibility index (Phi) is 4.50. The summed E-state index contributed by atoms with van der Waals surface area (Å²) in [6, 6.07) is 0. The Morgan fingerprint density at radius 1 is 1.31 bits per heavy atom. The van der Waals surface area contributed by atoms with Crippen LogP contribution in [0.25, 0.3) is 0 Å². The molecule has 0 fully saturated rings. The topological polar surface area (TPSA) is 49.2 Å². The normalized spacial score (nSPS) is 12.6. The van der Waals surface area contributed by atoms with Gasteiger partial charge in [-0.2, -0.15) is 0 Å². The number of aliphatic hydroxyl groups is 1. The van der Waals surface area contributed by atoms with E-state index >= 15 is 0 Å². The van der Waals surface area contributed by atoms with Crippen molar-refractivity contribution in [3.63, 3.8) is 0 Å². The van der Waals surface area contributed by atoms with Gasteiger partial charge < -0.3 is 10.0 Å². The zero-order chi connectivity index (χ0) is 12.3. The first-order valence-electron chi connectivity index (χ1n) is 5.32. The van der Waals surface area contributed by atoms with Crippen molar-refractivity contribution in [3.05, 3.63) is 16.3 Å². The summed E-state index contributed by atoms with van der Waals surface area (Å²) in [6.07, 6.45) is 0.406. The van der Waals surface area contributed by atoms with Gasteiger partial charge in [-0.1, -0.05) is 11.6 Å². The van der Waals surface area contributed by atoms with Crippen LogP contribution >= 0.6 is 11.6 Å². The number of anilines is 1. The van der Waals surface area contributed by atoms with Crippen molar-refractivity contribution < 1.29 is 5.11 Å². The Hall–Kier alpha value is -0.870. The Morgan fingerprint density at radius 3 is 2.50 bits per heavy atom. The maximum atomic E-state index is 9.23. The zero-order valence-electron chi connectivity index (χ0n) is 10.2. The van der Waals surface area contributed by atoms with Gasteiger partial charge in [0, 0.05) is 13.6 Å². The molecule has 0 saturated heterocycles. The SMILES string of the molecule is Cc1c(Cl)nnc(N(C)CCC(C)O)c1C. The summed E-state index contributed by atoms with van der Waals surface area (Å²) in [5, 5.41) is 17.7. The number of nitrogens with zero attached hydrogens (tertiary/aromatic N) is 3. The summed E-state index contributed by atoms with van der Waals surface area (Å²) in [7, 11) is 1.94. The van der Waals surface area contributed by atoms with Crippen LogP contribution in [0.3, 0.4) is 0 Å². The minimum absolute atomic E-state index is 0.302. The summed E-state index contributed by atoms with van der Waals surface area (Å²) in [6.45, 7) is 6.43. The maximum Gasteiger partial charge on any atom is 0.155 e. The number of aromatic nitrogens is 2. The van der Waals surface area contributed by atoms with E-state index in [-0.39, 0.29) is 6.10 Å². The molecule has 5 heteroatoms. The second-order valence-electron chi connectivity index (χ2n) is 4.12. The summed E-state index contributed by atoms with van der Waals surface area (Å²) in [5.74, 6) is 0.822. The molecular formula is C11H18ClN3O. The average Bonchev–Trinajstić information content (AvgIpc) is 2.23. The van der Waals surface area contributed by atoms with Crippen LogP contribution in [0, 0.1) is 13.8 Å². The molecule has 0 spiro atoms. The molecule has 1 aromatic rings. The van der Waals surface area contributed by atoms with Gasteiger partial charge in [0.1, 0.15) is 0 Å². The molecule has 90 valence electrons.